The Kier molecular flexibility index (Phi) is 5.80. The molecule has 0 bridgehead atoms. The average Bonchev–Trinajstić information content (AvgIpc) is 2.82. The van der Waals surface area contributed by atoms with Crippen LogP contribution in [0.3, 0.4) is 0 Å². The van der Waals surface area contributed by atoms with Gasteiger partial charge in [0.05, 0.1) is 18.1 Å². The lowest BCUT2D eigenvalue weighted by atomic mass is 10.1. The molecule has 1 N–H and O–H groups in total. The van der Waals surface area contributed by atoms with Crippen molar-refractivity contribution in [3.05, 3.63) is 94.3 Å². The van der Waals surface area contributed by atoms with Crippen LogP contribution in [-0.4, -0.2) is 22.6 Å². The second kappa shape index (κ2) is 8.83. The Balaban J connectivity index is 1.54. The second-order valence-corrected chi connectivity index (χ2v) is 7.11. The number of hydrogen-bond donors (Lipinski definition) is 1. The summed E-state index contributed by atoms with van der Waals surface area (Å²) in [5.41, 5.74) is 4.00. The largest absolute Gasteiger partial charge is 0.497 e. The minimum absolute atomic E-state index is 0.141. The molecule has 156 valence electrons. The maximum atomic E-state index is 13.0. The molecule has 0 aliphatic heterocycles. The first-order chi connectivity index (χ1) is 15.1. The van der Waals surface area contributed by atoms with Crippen molar-refractivity contribution in [3.63, 3.8) is 0 Å². The molecule has 0 aliphatic rings. The predicted molar refractivity (Wildman–Crippen MR) is 121 cm³/mol. The van der Waals surface area contributed by atoms with Crippen LogP contribution in [-0.2, 0) is 13.1 Å². The van der Waals surface area contributed by atoms with Crippen LogP contribution < -0.4 is 15.6 Å². The molecular weight excluding hydrogens is 390 g/mol. The predicted octanol–water partition coefficient (Wildman–Crippen LogP) is 4.02. The van der Waals surface area contributed by atoms with Gasteiger partial charge in [0.2, 0.25) is 0 Å². The van der Waals surface area contributed by atoms with E-state index in [0.29, 0.717) is 29.9 Å². The molecular formula is C25H23N3O3. The van der Waals surface area contributed by atoms with E-state index in [4.69, 9.17) is 4.74 Å². The van der Waals surface area contributed by atoms with Gasteiger partial charge in [-0.25, -0.2) is 4.98 Å². The third-order valence-corrected chi connectivity index (χ3v) is 5.20. The van der Waals surface area contributed by atoms with Crippen molar-refractivity contribution in [2.24, 2.45) is 0 Å². The SMILES string of the molecule is CCn1c(=O)c(-c2ccc(C(=O)NCc3ccc(OC)cc3)cc2)nc2ccccc21. The molecule has 0 unspecified atom stereocenters. The number of amides is 1. The van der Waals surface area contributed by atoms with E-state index in [1.54, 1.807) is 35.9 Å². The number of nitrogens with zero attached hydrogens (tertiary/aromatic N) is 2. The van der Waals surface area contributed by atoms with Crippen molar-refractivity contribution in [1.82, 2.24) is 14.9 Å². The lowest BCUT2D eigenvalue weighted by Gasteiger charge is -2.11. The Hall–Kier alpha value is -3.93. The zero-order valence-corrected chi connectivity index (χ0v) is 17.5. The monoisotopic (exact) mass is 413 g/mol. The highest BCUT2D eigenvalue weighted by Crippen LogP contribution is 2.19. The first-order valence-electron chi connectivity index (χ1n) is 10.1. The van der Waals surface area contributed by atoms with Crippen LogP contribution in [0.1, 0.15) is 22.8 Å². The topological polar surface area (TPSA) is 73.2 Å². The standard InChI is InChI=1S/C25H23N3O3/c1-3-28-22-7-5-4-6-21(22)27-23(25(28)30)18-10-12-19(13-11-18)24(29)26-16-17-8-14-20(31-2)15-9-17/h4-15H,3,16H2,1-2H3,(H,26,29). The van der Waals surface area contributed by atoms with E-state index < -0.39 is 0 Å². The molecule has 4 aromatic rings. The van der Waals surface area contributed by atoms with Crippen LogP contribution in [0.5, 0.6) is 5.75 Å². The second-order valence-electron chi connectivity index (χ2n) is 7.11. The number of aryl methyl sites for hydroxylation is 1. The lowest BCUT2D eigenvalue weighted by Crippen LogP contribution is -2.23. The van der Waals surface area contributed by atoms with E-state index in [1.807, 2.05) is 55.5 Å². The number of hydrogen-bond acceptors (Lipinski definition) is 4. The first kappa shape index (κ1) is 20.3. The van der Waals surface area contributed by atoms with E-state index in [9.17, 15) is 9.59 Å². The van der Waals surface area contributed by atoms with Gasteiger partial charge in [-0.2, -0.15) is 0 Å². The van der Waals surface area contributed by atoms with Gasteiger partial charge in [0.1, 0.15) is 11.4 Å². The maximum Gasteiger partial charge on any atom is 0.277 e. The van der Waals surface area contributed by atoms with Gasteiger partial charge < -0.3 is 14.6 Å². The average molecular weight is 413 g/mol. The maximum absolute atomic E-state index is 13.0. The molecule has 4 rings (SSSR count). The smallest absolute Gasteiger partial charge is 0.277 e. The van der Waals surface area contributed by atoms with Gasteiger partial charge in [-0.3, -0.25) is 9.59 Å². The molecule has 1 amide bonds. The van der Waals surface area contributed by atoms with E-state index in [1.165, 1.54) is 0 Å². The number of ether oxygens (including phenoxy) is 1. The van der Waals surface area contributed by atoms with Crippen molar-refractivity contribution in [2.45, 2.75) is 20.0 Å². The van der Waals surface area contributed by atoms with Gasteiger partial charge in [-0.15, -0.1) is 0 Å². The Bertz CT molecular complexity index is 1280. The van der Waals surface area contributed by atoms with Crippen LogP contribution in [0.2, 0.25) is 0 Å². The van der Waals surface area contributed by atoms with Crippen LogP contribution in [0.25, 0.3) is 22.3 Å². The molecule has 0 saturated carbocycles. The van der Waals surface area contributed by atoms with Crippen molar-refractivity contribution in [3.8, 4) is 17.0 Å². The fraction of sp³-hybridized carbons (Fsp3) is 0.160. The van der Waals surface area contributed by atoms with Gasteiger partial charge in [0.25, 0.3) is 11.5 Å². The van der Waals surface area contributed by atoms with Gasteiger partial charge in [0.15, 0.2) is 0 Å². The molecule has 0 saturated heterocycles. The number of methoxy groups -OCH3 is 1. The zero-order chi connectivity index (χ0) is 21.8. The fourth-order valence-electron chi connectivity index (χ4n) is 3.50. The molecule has 0 spiro atoms. The number of benzene rings is 3. The van der Waals surface area contributed by atoms with E-state index in [2.05, 4.69) is 10.3 Å². The Morgan fingerprint density at radius 3 is 2.39 bits per heavy atom. The molecule has 0 aliphatic carbocycles. The fourth-order valence-corrected chi connectivity index (χ4v) is 3.50. The lowest BCUT2D eigenvalue weighted by molar-refractivity contribution is 0.0951. The van der Waals surface area contributed by atoms with E-state index >= 15 is 0 Å². The van der Waals surface area contributed by atoms with Gasteiger partial charge in [-0.1, -0.05) is 36.4 Å². The number of rotatable bonds is 6. The summed E-state index contributed by atoms with van der Waals surface area (Å²) >= 11 is 0. The normalized spacial score (nSPS) is 10.8. The Morgan fingerprint density at radius 1 is 1.00 bits per heavy atom. The first-order valence-corrected chi connectivity index (χ1v) is 10.1. The number of aromatic nitrogens is 2. The van der Waals surface area contributed by atoms with Crippen LogP contribution in [0, 0.1) is 0 Å². The molecule has 1 aromatic heterocycles. The van der Waals surface area contributed by atoms with E-state index in [0.717, 1.165) is 22.3 Å². The van der Waals surface area contributed by atoms with Gasteiger partial charge in [-0.05, 0) is 48.9 Å². The minimum Gasteiger partial charge on any atom is -0.497 e. The molecule has 3 aromatic carbocycles. The van der Waals surface area contributed by atoms with Gasteiger partial charge in [0, 0.05) is 24.2 Å². The Labute approximate surface area is 180 Å². The highest BCUT2D eigenvalue weighted by atomic mass is 16.5. The zero-order valence-electron chi connectivity index (χ0n) is 17.5. The summed E-state index contributed by atoms with van der Waals surface area (Å²) in [4.78, 5) is 30.0. The summed E-state index contributed by atoms with van der Waals surface area (Å²) in [7, 11) is 1.62. The summed E-state index contributed by atoms with van der Waals surface area (Å²) in [6, 6.07) is 22.1. The third-order valence-electron chi connectivity index (χ3n) is 5.20. The van der Waals surface area contributed by atoms with Crippen molar-refractivity contribution < 1.29 is 9.53 Å². The highest BCUT2D eigenvalue weighted by Gasteiger charge is 2.13. The third kappa shape index (κ3) is 4.19. The summed E-state index contributed by atoms with van der Waals surface area (Å²) in [6.45, 7) is 2.91. The quantitative estimate of drug-likeness (QED) is 0.518. The molecule has 1 heterocycles. The van der Waals surface area contributed by atoms with Crippen molar-refractivity contribution in [1.29, 1.82) is 0 Å². The number of carbonyl (C=O) groups excluding carboxylic acids is 1. The van der Waals surface area contributed by atoms with Crippen LogP contribution in [0.15, 0.2) is 77.6 Å². The molecule has 31 heavy (non-hydrogen) atoms. The van der Waals surface area contributed by atoms with Crippen LogP contribution >= 0.6 is 0 Å². The molecule has 0 radical (unpaired) electrons. The van der Waals surface area contributed by atoms with Crippen molar-refractivity contribution in [2.75, 3.05) is 7.11 Å². The molecule has 0 atom stereocenters. The summed E-state index contributed by atoms with van der Waals surface area (Å²) in [5.74, 6) is 0.593. The van der Waals surface area contributed by atoms with E-state index in [-0.39, 0.29) is 11.5 Å². The minimum atomic E-state index is -0.181. The number of nitrogens with one attached hydrogen (secondary N) is 1. The molecule has 6 nitrogen and oxygen atoms in total. The van der Waals surface area contributed by atoms with Crippen molar-refractivity contribution >= 4 is 16.9 Å². The van der Waals surface area contributed by atoms with Crippen LogP contribution in [0.4, 0.5) is 0 Å². The number of para-hydroxylation sites is 2. The molecule has 0 fully saturated rings. The Morgan fingerprint density at radius 2 is 1.71 bits per heavy atom. The summed E-state index contributed by atoms with van der Waals surface area (Å²) in [6.07, 6.45) is 0. The summed E-state index contributed by atoms with van der Waals surface area (Å²) < 4.78 is 6.86. The summed E-state index contributed by atoms with van der Waals surface area (Å²) in [5, 5.41) is 2.90. The highest BCUT2D eigenvalue weighted by molar-refractivity contribution is 5.94. The molecule has 6 heteroatoms. The van der Waals surface area contributed by atoms with Gasteiger partial charge >= 0.3 is 0 Å². The number of carbonyl (C=O) groups is 1. The number of fused-ring (bicyclic) bond motifs is 1.